The number of aliphatic imine (C=N–C) groups is 1. The number of benzene rings is 2. The Morgan fingerprint density at radius 2 is 1.82 bits per heavy atom. The molecule has 1 aliphatic heterocycles. The molecule has 0 amide bonds. The van der Waals surface area contributed by atoms with E-state index in [2.05, 4.69) is 57.7 Å². The Kier molecular flexibility index (Phi) is 7.56. The Morgan fingerprint density at radius 1 is 1.04 bits per heavy atom. The molecule has 28 heavy (non-hydrogen) atoms. The van der Waals surface area contributed by atoms with Crippen LogP contribution in [0.4, 0.5) is 11.4 Å². The number of nitrogens with one attached hydrogen (secondary N) is 1. The van der Waals surface area contributed by atoms with E-state index in [0.717, 1.165) is 44.8 Å². The van der Waals surface area contributed by atoms with Gasteiger partial charge in [0, 0.05) is 24.5 Å². The van der Waals surface area contributed by atoms with Gasteiger partial charge in [-0.05, 0) is 54.5 Å². The highest BCUT2D eigenvalue weighted by atomic mass is 127. The molecule has 0 radical (unpaired) electrons. The molecule has 4 rings (SSSR count). The Bertz CT molecular complexity index is 818. The van der Waals surface area contributed by atoms with Crippen LogP contribution in [0.15, 0.2) is 47.5 Å². The normalized spacial score (nSPS) is 16.9. The molecular formula is C22H29IN4O. The second kappa shape index (κ2) is 10.1. The summed E-state index contributed by atoms with van der Waals surface area (Å²) in [5.74, 6) is 0.478. The minimum absolute atomic E-state index is 0. The number of hydrogen-bond acceptors (Lipinski definition) is 3. The zero-order chi connectivity index (χ0) is 18.5. The monoisotopic (exact) mass is 492 g/mol. The number of anilines is 2. The fourth-order valence-corrected chi connectivity index (χ4v) is 4.00. The van der Waals surface area contributed by atoms with Crippen molar-refractivity contribution in [1.29, 1.82) is 0 Å². The quantitative estimate of drug-likeness (QED) is 0.386. The molecule has 0 bridgehead atoms. The number of guanidine groups is 1. The molecule has 3 N–H and O–H groups in total. The molecule has 5 nitrogen and oxygen atoms in total. The minimum Gasteiger partial charge on any atom is -0.378 e. The lowest BCUT2D eigenvalue weighted by Gasteiger charge is -2.30. The summed E-state index contributed by atoms with van der Waals surface area (Å²) in [6.45, 7) is 3.97. The van der Waals surface area contributed by atoms with E-state index in [0.29, 0.717) is 12.5 Å². The number of nitrogens with zero attached hydrogens (tertiary/aromatic N) is 2. The lowest BCUT2D eigenvalue weighted by Crippen LogP contribution is -2.36. The van der Waals surface area contributed by atoms with E-state index in [1.54, 1.807) is 0 Å². The number of ether oxygens (including phenoxy) is 1. The summed E-state index contributed by atoms with van der Waals surface area (Å²) < 4.78 is 5.47. The third-order valence-corrected chi connectivity index (χ3v) is 5.42. The highest BCUT2D eigenvalue weighted by Gasteiger charge is 2.15. The van der Waals surface area contributed by atoms with E-state index >= 15 is 0 Å². The van der Waals surface area contributed by atoms with E-state index in [1.807, 2.05) is 0 Å². The van der Waals surface area contributed by atoms with Gasteiger partial charge in [-0.15, -0.1) is 24.0 Å². The highest BCUT2D eigenvalue weighted by Crippen LogP contribution is 2.28. The molecule has 1 heterocycles. The van der Waals surface area contributed by atoms with Crippen LogP contribution in [0, 0.1) is 0 Å². The number of rotatable bonds is 4. The van der Waals surface area contributed by atoms with E-state index in [-0.39, 0.29) is 24.0 Å². The predicted molar refractivity (Wildman–Crippen MR) is 127 cm³/mol. The second-order valence-corrected chi connectivity index (χ2v) is 7.20. The molecule has 0 atom stereocenters. The number of aryl methyl sites for hydroxylation is 1. The zero-order valence-electron chi connectivity index (χ0n) is 16.2. The van der Waals surface area contributed by atoms with Gasteiger partial charge < -0.3 is 20.7 Å². The minimum atomic E-state index is 0. The number of halogens is 1. The van der Waals surface area contributed by atoms with Gasteiger partial charge >= 0.3 is 0 Å². The summed E-state index contributed by atoms with van der Waals surface area (Å²) in [6.07, 6.45) is 4.80. The van der Waals surface area contributed by atoms with Crippen LogP contribution in [0.3, 0.4) is 0 Å². The van der Waals surface area contributed by atoms with Crippen LogP contribution in [0.1, 0.15) is 29.5 Å². The third kappa shape index (κ3) is 4.97. The van der Waals surface area contributed by atoms with Crippen molar-refractivity contribution in [3.05, 3.63) is 59.2 Å². The average Bonchev–Trinajstić information content (AvgIpc) is 2.73. The lowest BCUT2D eigenvalue weighted by molar-refractivity contribution is 0.122. The van der Waals surface area contributed by atoms with E-state index < -0.39 is 0 Å². The number of fused-ring (bicyclic) bond motifs is 1. The number of hydrogen-bond donors (Lipinski definition) is 2. The molecule has 0 saturated carbocycles. The van der Waals surface area contributed by atoms with Gasteiger partial charge in [-0.3, -0.25) is 0 Å². The third-order valence-electron chi connectivity index (χ3n) is 5.42. The first-order valence-electron chi connectivity index (χ1n) is 9.89. The first-order chi connectivity index (χ1) is 13.3. The van der Waals surface area contributed by atoms with Crippen LogP contribution in [-0.2, 0) is 24.1 Å². The van der Waals surface area contributed by atoms with E-state index in [9.17, 15) is 0 Å². The molecule has 1 saturated heterocycles. The average molecular weight is 492 g/mol. The fraction of sp³-hybridized carbons (Fsp3) is 0.409. The zero-order valence-corrected chi connectivity index (χ0v) is 18.5. The van der Waals surface area contributed by atoms with Gasteiger partial charge in [-0.2, -0.15) is 0 Å². The summed E-state index contributed by atoms with van der Waals surface area (Å²) >= 11 is 0. The van der Waals surface area contributed by atoms with Crippen molar-refractivity contribution in [1.82, 2.24) is 0 Å². The molecule has 150 valence electrons. The Morgan fingerprint density at radius 3 is 2.68 bits per heavy atom. The van der Waals surface area contributed by atoms with E-state index in [1.165, 1.54) is 35.2 Å². The van der Waals surface area contributed by atoms with Crippen LogP contribution >= 0.6 is 24.0 Å². The lowest BCUT2D eigenvalue weighted by atomic mass is 9.90. The maximum absolute atomic E-state index is 6.22. The molecule has 0 unspecified atom stereocenters. The van der Waals surface area contributed by atoms with Crippen LogP contribution < -0.4 is 16.0 Å². The first kappa shape index (κ1) is 20.9. The number of para-hydroxylation sites is 1. The van der Waals surface area contributed by atoms with Crippen LogP contribution in [0.5, 0.6) is 0 Å². The first-order valence-corrected chi connectivity index (χ1v) is 9.89. The molecule has 0 spiro atoms. The number of morpholine rings is 1. The van der Waals surface area contributed by atoms with Crippen molar-refractivity contribution < 1.29 is 4.74 Å². The van der Waals surface area contributed by atoms with Gasteiger partial charge in [-0.1, -0.05) is 30.3 Å². The Balaban J connectivity index is 0.00000225. The van der Waals surface area contributed by atoms with Gasteiger partial charge in [0.2, 0.25) is 0 Å². The Hall–Kier alpha value is -1.80. The highest BCUT2D eigenvalue weighted by molar-refractivity contribution is 14.0. The number of nitrogens with two attached hydrogens (primary N) is 1. The fourth-order valence-electron chi connectivity index (χ4n) is 4.00. The molecular weight excluding hydrogens is 463 g/mol. The van der Waals surface area contributed by atoms with Crippen molar-refractivity contribution in [2.24, 2.45) is 10.7 Å². The smallest absolute Gasteiger partial charge is 0.193 e. The molecule has 1 aliphatic carbocycles. The summed E-state index contributed by atoms with van der Waals surface area (Å²) in [4.78, 5) is 6.99. The molecule has 0 aromatic heterocycles. The molecule has 1 fully saturated rings. The van der Waals surface area contributed by atoms with Crippen molar-refractivity contribution in [3.8, 4) is 0 Å². The van der Waals surface area contributed by atoms with Crippen molar-refractivity contribution in [2.75, 3.05) is 36.5 Å². The summed E-state index contributed by atoms with van der Waals surface area (Å²) in [7, 11) is 0. The molecule has 2 aliphatic rings. The predicted octanol–water partition coefficient (Wildman–Crippen LogP) is 3.95. The molecule has 6 heteroatoms. The van der Waals surface area contributed by atoms with Crippen LogP contribution in [0.25, 0.3) is 0 Å². The van der Waals surface area contributed by atoms with Gasteiger partial charge in [0.15, 0.2) is 5.96 Å². The Labute approximate surface area is 184 Å². The maximum atomic E-state index is 6.22. The summed E-state index contributed by atoms with van der Waals surface area (Å²) in [5.41, 5.74) is 12.6. The largest absolute Gasteiger partial charge is 0.378 e. The standard InChI is InChI=1S/C22H28N4O.HI/c23-22(25-20-10-5-8-17-6-1-3-9-19(17)20)24-16-18-7-2-4-11-21(18)26-12-14-27-15-13-26;/h2,4-5,7-8,10-11H,1,3,6,9,12-16H2,(H3,23,24,25);1H. The van der Waals surface area contributed by atoms with Crippen molar-refractivity contribution in [3.63, 3.8) is 0 Å². The van der Waals surface area contributed by atoms with Gasteiger partial charge in [-0.25, -0.2) is 4.99 Å². The van der Waals surface area contributed by atoms with Crippen molar-refractivity contribution in [2.45, 2.75) is 32.2 Å². The van der Waals surface area contributed by atoms with Crippen LogP contribution in [0.2, 0.25) is 0 Å². The molecule has 2 aromatic carbocycles. The van der Waals surface area contributed by atoms with E-state index in [4.69, 9.17) is 10.5 Å². The van der Waals surface area contributed by atoms with Gasteiger partial charge in [0.25, 0.3) is 0 Å². The molecule has 2 aromatic rings. The second-order valence-electron chi connectivity index (χ2n) is 7.20. The SMILES string of the molecule is I.NC(=NCc1ccccc1N1CCOCC1)Nc1cccc2c1CCCC2. The van der Waals surface area contributed by atoms with Crippen molar-refractivity contribution >= 4 is 41.3 Å². The topological polar surface area (TPSA) is 62.9 Å². The van der Waals surface area contributed by atoms with Gasteiger partial charge in [0.1, 0.15) is 0 Å². The summed E-state index contributed by atoms with van der Waals surface area (Å²) in [5, 5.41) is 3.33. The maximum Gasteiger partial charge on any atom is 0.193 e. The van der Waals surface area contributed by atoms with Crippen LogP contribution in [-0.4, -0.2) is 32.3 Å². The van der Waals surface area contributed by atoms with Gasteiger partial charge in [0.05, 0.1) is 19.8 Å². The summed E-state index contributed by atoms with van der Waals surface area (Å²) in [6, 6.07) is 14.9.